The molecule has 0 amide bonds. The molecule has 3 rings (SSSR count). The van der Waals surface area contributed by atoms with Crippen LogP contribution < -0.4 is 4.90 Å². The highest BCUT2D eigenvalue weighted by Crippen LogP contribution is 2.38. The van der Waals surface area contributed by atoms with Crippen LogP contribution in [0.1, 0.15) is 0 Å². The van der Waals surface area contributed by atoms with Gasteiger partial charge in [-0.15, -0.1) is 0 Å². The van der Waals surface area contributed by atoms with E-state index in [1.807, 2.05) is 0 Å². The minimum Gasteiger partial charge on any atom is -0.377 e. The number of anilines is 1. The van der Waals surface area contributed by atoms with Crippen LogP contribution in [0.2, 0.25) is 0 Å². The summed E-state index contributed by atoms with van der Waals surface area (Å²) in [6.07, 6.45) is 0. The molecule has 0 saturated carbocycles. The fraction of sp³-hybridized carbons (Fsp3) is 0.100. The Hall–Kier alpha value is -2.54. The van der Waals surface area contributed by atoms with Crippen LogP contribution in [0.3, 0.4) is 0 Å². The molecular weight excluding hydrogens is 254 g/mol. The number of hydrogen-bond acceptors (Lipinski definition) is 1. The maximum Gasteiger partial charge on any atom is 0.0520 e. The minimum atomic E-state index is 1.25. The molecule has 1 nitrogen and oxygen atoms in total. The summed E-state index contributed by atoms with van der Waals surface area (Å²) >= 11 is 0. The van der Waals surface area contributed by atoms with Crippen LogP contribution >= 0.6 is 0 Å². The van der Waals surface area contributed by atoms with Gasteiger partial charge in [0.15, 0.2) is 0 Å². The molecule has 0 aliphatic carbocycles. The van der Waals surface area contributed by atoms with Crippen LogP contribution in [0.25, 0.3) is 22.3 Å². The van der Waals surface area contributed by atoms with Gasteiger partial charge in [0.25, 0.3) is 0 Å². The zero-order valence-electron chi connectivity index (χ0n) is 12.5. The van der Waals surface area contributed by atoms with Crippen LogP contribution in [-0.2, 0) is 0 Å². The minimum absolute atomic E-state index is 1.25. The number of benzene rings is 3. The van der Waals surface area contributed by atoms with Crippen molar-refractivity contribution in [3.8, 4) is 22.3 Å². The molecule has 0 aliphatic rings. The van der Waals surface area contributed by atoms with Gasteiger partial charge >= 0.3 is 0 Å². The van der Waals surface area contributed by atoms with E-state index in [0.29, 0.717) is 0 Å². The first-order valence-corrected chi connectivity index (χ1v) is 7.18. The lowest BCUT2D eigenvalue weighted by atomic mass is 9.95. The van der Waals surface area contributed by atoms with Crippen molar-refractivity contribution >= 4 is 5.69 Å². The van der Waals surface area contributed by atoms with Gasteiger partial charge in [-0.3, -0.25) is 0 Å². The largest absolute Gasteiger partial charge is 0.377 e. The highest BCUT2D eigenvalue weighted by Gasteiger charge is 2.12. The predicted octanol–water partition coefficient (Wildman–Crippen LogP) is 5.09. The number of nitrogens with zero attached hydrogens (tertiary/aromatic N) is 1. The summed E-state index contributed by atoms with van der Waals surface area (Å²) in [6.45, 7) is 0. The molecule has 0 fully saturated rings. The van der Waals surface area contributed by atoms with Crippen LogP contribution in [0.15, 0.2) is 78.9 Å². The molecule has 0 bridgehead atoms. The van der Waals surface area contributed by atoms with Gasteiger partial charge in [0.2, 0.25) is 0 Å². The van der Waals surface area contributed by atoms with E-state index in [2.05, 4.69) is 97.9 Å². The van der Waals surface area contributed by atoms with Gasteiger partial charge in [-0.25, -0.2) is 0 Å². The average Bonchev–Trinajstić information content (AvgIpc) is 2.55. The third-order valence-electron chi connectivity index (χ3n) is 3.65. The van der Waals surface area contributed by atoms with Crippen molar-refractivity contribution in [1.29, 1.82) is 0 Å². The molecule has 0 spiro atoms. The normalized spacial score (nSPS) is 10.4. The summed E-state index contributed by atoms with van der Waals surface area (Å²) in [5.41, 5.74) is 6.29. The maximum absolute atomic E-state index is 2.20. The SMILES string of the molecule is CN(C)c1c(-c2ccccc2)cccc1-c1ccccc1. The standard InChI is InChI=1S/C20H19N/c1-21(2)20-18(16-10-5-3-6-11-16)14-9-15-19(20)17-12-7-4-8-13-17/h3-15H,1-2H3. The molecular formula is C20H19N. The zero-order valence-corrected chi connectivity index (χ0v) is 12.5. The van der Waals surface area contributed by atoms with Crippen molar-refractivity contribution in [2.75, 3.05) is 19.0 Å². The fourth-order valence-corrected chi connectivity index (χ4v) is 2.73. The third kappa shape index (κ3) is 2.68. The van der Waals surface area contributed by atoms with Crippen LogP contribution in [0.5, 0.6) is 0 Å². The molecule has 0 N–H and O–H groups in total. The first kappa shape index (κ1) is 13.4. The summed E-state index contributed by atoms with van der Waals surface area (Å²) in [6, 6.07) is 27.6. The predicted molar refractivity (Wildman–Crippen MR) is 91.6 cm³/mol. The molecule has 0 saturated heterocycles. The van der Waals surface area contributed by atoms with Gasteiger partial charge in [0, 0.05) is 25.2 Å². The second-order valence-electron chi connectivity index (χ2n) is 5.33. The topological polar surface area (TPSA) is 3.24 Å². The fourth-order valence-electron chi connectivity index (χ4n) is 2.73. The van der Waals surface area contributed by atoms with Gasteiger partial charge < -0.3 is 4.90 Å². The Balaban J connectivity index is 2.24. The van der Waals surface area contributed by atoms with Crippen molar-refractivity contribution in [3.05, 3.63) is 78.9 Å². The molecule has 0 atom stereocenters. The molecule has 0 aliphatic heterocycles. The Bertz CT molecular complexity index is 658. The Labute approximate surface area is 126 Å². The average molecular weight is 273 g/mol. The second kappa shape index (κ2) is 5.84. The third-order valence-corrected chi connectivity index (χ3v) is 3.65. The monoisotopic (exact) mass is 273 g/mol. The molecule has 21 heavy (non-hydrogen) atoms. The molecule has 0 heterocycles. The molecule has 104 valence electrons. The summed E-state index contributed by atoms with van der Waals surface area (Å²) in [5.74, 6) is 0. The van der Waals surface area contributed by atoms with Crippen molar-refractivity contribution in [1.82, 2.24) is 0 Å². The highest BCUT2D eigenvalue weighted by molar-refractivity contribution is 5.90. The van der Waals surface area contributed by atoms with E-state index in [1.54, 1.807) is 0 Å². The van der Waals surface area contributed by atoms with Crippen molar-refractivity contribution in [3.63, 3.8) is 0 Å². The lowest BCUT2D eigenvalue weighted by molar-refractivity contribution is 1.13. The lowest BCUT2D eigenvalue weighted by Gasteiger charge is -2.22. The zero-order chi connectivity index (χ0) is 14.7. The number of para-hydroxylation sites is 1. The van der Waals surface area contributed by atoms with Crippen molar-refractivity contribution in [2.24, 2.45) is 0 Å². The van der Waals surface area contributed by atoms with Gasteiger partial charge in [-0.1, -0.05) is 78.9 Å². The van der Waals surface area contributed by atoms with Crippen molar-refractivity contribution < 1.29 is 0 Å². The lowest BCUT2D eigenvalue weighted by Crippen LogP contribution is -2.11. The highest BCUT2D eigenvalue weighted by atomic mass is 15.1. The second-order valence-corrected chi connectivity index (χ2v) is 5.33. The summed E-state index contributed by atoms with van der Waals surface area (Å²) in [7, 11) is 4.21. The molecule has 0 aromatic heterocycles. The Morgan fingerprint density at radius 1 is 0.524 bits per heavy atom. The molecule has 0 radical (unpaired) electrons. The van der Waals surface area contributed by atoms with Gasteiger partial charge in [0.1, 0.15) is 0 Å². The first-order valence-electron chi connectivity index (χ1n) is 7.18. The molecule has 3 aromatic carbocycles. The van der Waals surface area contributed by atoms with Gasteiger partial charge in [-0.2, -0.15) is 0 Å². The van der Waals surface area contributed by atoms with E-state index >= 15 is 0 Å². The van der Waals surface area contributed by atoms with E-state index in [9.17, 15) is 0 Å². The summed E-state index contributed by atoms with van der Waals surface area (Å²) in [5, 5.41) is 0. The number of hydrogen-bond donors (Lipinski definition) is 0. The van der Waals surface area contributed by atoms with E-state index in [-0.39, 0.29) is 0 Å². The smallest absolute Gasteiger partial charge is 0.0520 e. The van der Waals surface area contributed by atoms with Crippen LogP contribution in [-0.4, -0.2) is 14.1 Å². The Morgan fingerprint density at radius 3 is 1.33 bits per heavy atom. The quantitative estimate of drug-likeness (QED) is 0.642. The van der Waals surface area contributed by atoms with Crippen LogP contribution in [0, 0.1) is 0 Å². The van der Waals surface area contributed by atoms with E-state index < -0.39 is 0 Å². The number of rotatable bonds is 3. The van der Waals surface area contributed by atoms with Gasteiger partial charge in [0.05, 0.1) is 5.69 Å². The van der Waals surface area contributed by atoms with E-state index in [1.165, 1.54) is 27.9 Å². The first-order chi connectivity index (χ1) is 10.3. The summed E-state index contributed by atoms with van der Waals surface area (Å²) in [4.78, 5) is 2.20. The Morgan fingerprint density at radius 2 is 0.952 bits per heavy atom. The maximum atomic E-state index is 2.20. The molecule has 1 heteroatoms. The van der Waals surface area contributed by atoms with Gasteiger partial charge in [-0.05, 0) is 11.1 Å². The molecule has 3 aromatic rings. The van der Waals surface area contributed by atoms with E-state index in [0.717, 1.165) is 0 Å². The van der Waals surface area contributed by atoms with Crippen molar-refractivity contribution in [2.45, 2.75) is 0 Å². The molecule has 0 unspecified atom stereocenters. The Kier molecular flexibility index (Phi) is 3.74. The van der Waals surface area contributed by atoms with Crippen LogP contribution in [0.4, 0.5) is 5.69 Å². The summed E-state index contributed by atoms with van der Waals surface area (Å²) < 4.78 is 0. The van der Waals surface area contributed by atoms with E-state index in [4.69, 9.17) is 0 Å².